The maximum atomic E-state index is 12.7. The van der Waals surface area contributed by atoms with Crippen LogP contribution in [0.2, 0.25) is 0 Å². The van der Waals surface area contributed by atoms with Crippen molar-refractivity contribution >= 4 is 11.8 Å². The van der Waals surface area contributed by atoms with E-state index in [4.69, 9.17) is 0 Å². The molecular formula is C23H32N2O4. The predicted molar refractivity (Wildman–Crippen MR) is 111 cm³/mol. The lowest BCUT2D eigenvalue weighted by molar-refractivity contribution is -0.130. The summed E-state index contributed by atoms with van der Waals surface area (Å²) in [5.41, 5.74) is 1.76. The molecule has 158 valence electrons. The van der Waals surface area contributed by atoms with Crippen molar-refractivity contribution in [2.45, 2.75) is 70.4 Å². The van der Waals surface area contributed by atoms with Crippen molar-refractivity contribution in [3.63, 3.8) is 0 Å². The van der Waals surface area contributed by atoms with Gasteiger partial charge >= 0.3 is 0 Å². The van der Waals surface area contributed by atoms with Crippen LogP contribution in [0.15, 0.2) is 36.0 Å². The molecule has 3 N–H and O–H groups in total. The number of hydrogen-bond donors (Lipinski definition) is 3. The molecule has 0 aromatic heterocycles. The number of phenols is 1. The van der Waals surface area contributed by atoms with Crippen LogP contribution in [0.25, 0.3) is 0 Å². The van der Waals surface area contributed by atoms with E-state index in [9.17, 15) is 19.8 Å². The van der Waals surface area contributed by atoms with Crippen LogP contribution in [-0.2, 0) is 9.59 Å². The zero-order chi connectivity index (χ0) is 20.8. The molecule has 0 bridgehead atoms. The number of allylic oxidation sites excluding steroid dienone is 2. The highest BCUT2D eigenvalue weighted by Gasteiger charge is 2.30. The summed E-state index contributed by atoms with van der Waals surface area (Å²) in [7, 11) is 0. The van der Waals surface area contributed by atoms with Crippen molar-refractivity contribution in [2.75, 3.05) is 6.54 Å². The molecule has 2 amide bonds. The number of aromatic hydroxyl groups is 1. The average molecular weight is 401 g/mol. The number of aliphatic hydroxyl groups excluding tert-OH is 1. The highest BCUT2D eigenvalue weighted by Crippen LogP contribution is 2.35. The van der Waals surface area contributed by atoms with Crippen molar-refractivity contribution < 1.29 is 19.8 Å². The molecule has 3 rings (SSSR count). The number of aliphatic hydroxyl groups is 1. The van der Waals surface area contributed by atoms with Crippen LogP contribution in [-0.4, -0.2) is 39.5 Å². The van der Waals surface area contributed by atoms with Gasteiger partial charge in [0.2, 0.25) is 11.8 Å². The van der Waals surface area contributed by atoms with Gasteiger partial charge in [-0.2, -0.15) is 0 Å². The number of fused-ring (bicyclic) bond motifs is 1. The number of nitrogens with one attached hydrogen (secondary N) is 1. The minimum Gasteiger partial charge on any atom is -0.508 e. The summed E-state index contributed by atoms with van der Waals surface area (Å²) >= 11 is 0. The Labute approximate surface area is 172 Å². The highest BCUT2D eigenvalue weighted by molar-refractivity contribution is 5.80. The van der Waals surface area contributed by atoms with Gasteiger partial charge in [-0.25, -0.2) is 0 Å². The number of rotatable bonds is 7. The third kappa shape index (κ3) is 5.60. The fraction of sp³-hybridized carbons (Fsp3) is 0.565. The third-order valence-electron chi connectivity index (χ3n) is 5.94. The first-order valence-electron chi connectivity index (χ1n) is 10.7. The zero-order valence-corrected chi connectivity index (χ0v) is 17.1. The molecule has 1 aromatic rings. The number of benzene rings is 1. The molecule has 6 nitrogen and oxygen atoms in total. The fourth-order valence-electron chi connectivity index (χ4n) is 4.38. The number of piperidine rings is 1. The van der Waals surface area contributed by atoms with Crippen LogP contribution in [0, 0.1) is 5.92 Å². The van der Waals surface area contributed by atoms with Gasteiger partial charge in [-0.1, -0.05) is 18.2 Å². The molecule has 3 atom stereocenters. The van der Waals surface area contributed by atoms with Crippen molar-refractivity contribution in [3.8, 4) is 5.75 Å². The molecule has 1 aliphatic heterocycles. The third-order valence-corrected chi connectivity index (χ3v) is 5.94. The van der Waals surface area contributed by atoms with Gasteiger partial charge in [0.05, 0.1) is 12.1 Å². The van der Waals surface area contributed by atoms with Crippen molar-refractivity contribution in [2.24, 2.45) is 5.92 Å². The molecule has 1 saturated heterocycles. The predicted octanol–water partition coefficient (Wildman–Crippen LogP) is 3.41. The Hall–Kier alpha value is -2.34. The summed E-state index contributed by atoms with van der Waals surface area (Å²) in [6.07, 6.45) is 8.10. The minimum absolute atomic E-state index is 0.0756. The normalized spacial score (nSPS) is 21.0. The molecule has 3 unspecified atom stereocenters. The molecule has 6 heteroatoms. The van der Waals surface area contributed by atoms with Gasteiger partial charge in [-0.05, 0) is 69.1 Å². The molecule has 2 aliphatic rings. The van der Waals surface area contributed by atoms with Gasteiger partial charge in [-0.15, -0.1) is 0 Å². The molecule has 0 radical (unpaired) electrons. The van der Waals surface area contributed by atoms with Gasteiger partial charge < -0.3 is 20.4 Å². The molecule has 1 fully saturated rings. The Kier molecular flexibility index (Phi) is 7.31. The monoisotopic (exact) mass is 400 g/mol. The summed E-state index contributed by atoms with van der Waals surface area (Å²) < 4.78 is 0. The van der Waals surface area contributed by atoms with Crippen LogP contribution in [0.3, 0.4) is 0 Å². The second kappa shape index (κ2) is 9.92. The molecule has 1 aliphatic carbocycles. The number of amides is 2. The largest absolute Gasteiger partial charge is 0.508 e. The highest BCUT2D eigenvalue weighted by atomic mass is 16.3. The van der Waals surface area contributed by atoms with E-state index < -0.39 is 12.1 Å². The van der Waals surface area contributed by atoms with E-state index in [0.717, 1.165) is 19.4 Å². The van der Waals surface area contributed by atoms with E-state index >= 15 is 0 Å². The van der Waals surface area contributed by atoms with Gasteiger partial charge in [-0.3, -0.25) is 9.59 Å². The Morgan fingerprint density at radius 1 is 1.24 bits per heavy atom. The fourth-order valence-corrected chi connectivity index (χ4v) is 4.38. The first-order chi connectivity index (χ1) is 14.0. The number of nitrogens with zero attached hydrogens (tertiary/aromatic N) is 1. The SMILES string of the molecule is CC(NC(=O)CCCC(=O)N1CCCC2CCCC=C21)C(O)c1cccc(O)c1. The van der Waals surface area contributed by atoms with Gasteiger partial charge in [0, 0.05) is 25.1 Å². The number of carbonyl (C=O) groups excluding carboxylic acids is 2. The first-order valence-corrected chi connectivity index (χ1v) is 10.7. The molecule has 29 heavy (non-hydrogen) atoms. The smallest absolute Gasteiger partial charge is 0.226 e. The summed E-state index contributed by atoms with van der Waals surface area (Å²) in [6, 6.07) is 5.89. The Morgan fingerprint density at radius 2 is 2.03 bits per heavy atom. The maximum Gasteiger partial charge on any atom is 0.226 e. The summed E-state index contributed by atoms with van der Waals surface area (Å²) in [4.78, 5) is 26.8. The quantitative estimate of drug-likeness (QED) is 0.654. The zero-order valence-electron chi connectivity index (χ0n) is 17.1. The van der Waals surface area contributed by atoms with Gasteiger partial charge in [0.15, 0.2) is 0 Å². The molecular weight excluding hydrogens is 368 g/mol. The van der Waals surface area contributed by atoms with E-state index in [1.807, 2.05) is 4.90 Å². The summed E-state index contributed by atoms with van der Waals surface area (Å²) in [6.45, 7) is 2.52. The molecule has 0 spiro atoms. The summed E-state index contributed by atoms with van der Waals surface area (Å²) in [5, 5.41) is 22.7. The molecule has 0 saturated carbocycles. The lowest BCUT2D eigenvalue weighted by Gasteiger charge is -2.38. The topological polar surface area (TPSA) is 89.9 Å². The number of likely N-dealkylation sites (tertiary alicyclic amines) is 1. The molecule has 1 heterocycles. The number of phenolic OH excluding ortho intramolecular Hbond substituents is 1. The molecule has 1 aromatic carbocycles. The van der Waals surface area contributed by atoms with Crippen LogP contribution >= 0.6 is 0 Å². The van der Waals surface area contributed by atoms with Crippen LogP contribution in [0.1, 0.15) is 70.0 Å². The van der Waals surface area contributed by atoms with Gasteiger partial charge in [0.1, 0.15) is 5.75 Å². The lowest BCUT2D eigenvalue weighted by Crippen LogP contribution is -2.39. The second-order valence-corrected chi connectivity index (χ2v) is 8.19. The standard InChI is InChI=1S/C23H32N2O4/c1-16(23(29)18-8-4-10-19(26)15-18)24-21(27)12-5-13-22(28)25-14-6-9-17-7-2-3-11-20(17)25/h4,8,10-11,15-17,23,26,29H,2-3,5-7,9,12-14H2,1H3,(H,24,27). The summed E-state index contributed by atoms with van der Waals surface area (Å²) in [5.74, 6) is 0.539. The van der Waals surface area contributed by atoms with Crippen LogP contribution < -0.4 is 5.32 Å². The van der Waals surface area contributed by atoms with Crippen molar-refractivity contribution in [1.82, 2.24) is 10.2 Å². The Balaban J connectivity index is 1.43. The Bertz CT molecular complexity index is 761. The minimum atomic E-state index is -0.906. The van der Waals surface area contributed by atoms with E-state index in [0.29, 0.717) is 24.3 Å². The van der Waals surface area contributed by atoms with E-state index in [1.165, 1.54) is 37.1 Å². The second-order valence-electron chi connectivity index (χ2n) is 8.19. The van der Waals surface area contributed by atoms with Crippen molar-refractivity contribution in [3.05, 3.63) is 41.6 Å². The average Bonchev–Trinajstić information content (AvgIpc) is 2.72. The van der Waals surface area contributed by atoms with E-state index in [1.54, 1.807) is 19.1 Å². The number of carbonyl (C=O) groups is 2. The van der Waals surface area contributed by atoms with E-state index in [-0.39, 0.29) is 24.0 Å². The Morgan fingerprint density at radius 3 is 2.83 bits per heavy atom. The van der Waals surface area contributed by atoms with Crippen LogP contribution in [0.4, 0.5) is 0 Å². The van der Waals surface area contributed by atoms with Crippen LogP contribution in [0.5, 0.6) is 5.75 Å². The lowest BCUT2D eigenvalue weighted by atomic mass is 9.85. The van der Waals surface area contributed by atoms with E-state index in [2.05, 4.69) is 11.4 Å². The maximum absolute atomic E-state index is 12.7. The number of hydrogen-bond acceptors (Lipinski definition) is 4. The first kappa shape index (κ1) is 21.4. The van der Waals surface area contributed by atoms with Crippen molar-refractivity contribution in [1.29, 1.82) is 0 Å². The van der Waals surface area contributed by atoms with Gasteiger partial charge in [0.25, 0.3) is 0 Å².